The maximum atomic E-state index is 10.8. The van der Waals surface area contributed by atoms with Gasteiger partial charge in [-0.2, -0.15) is 0 Å². The Labute approximate surface area is 92.6 Å². The summed E-state index contributed by atoms with van der Waals surface area (Å²) in [6.07, 6.45) is 0.211. The average Bonchev–Trinajstić information content (AvgIpc) is 2.07. The van der Waals surface area contributed by atoms with Crippen molar-refractivity contribution in [2.45, 2.75) is 6.42 Å². The maximum absolute atomic E-state index is 10.8. The molecule has 76 valence electrons. The number of rotatable bonds is 3. The summed E-state index contributed by atoms with van der Waals surface area (Å²) >= 11 is 5.67. The van der Waals surface area contributed by atoms with E-state index in [1.807, 2.05) is 0 Å². The summed E-state index contributed by atoms with van der Waals surface area (Å²) in [7, 11) is 1.45. The van der Waals surface area contributed by atoms with Crippen LogP contribution in [-0.2, 0) is 15.5 Å². The Balaban J connectivity index is 2.81. The van der Waals surface area contributed by atoms with E-state index in [1.54, 1.807) is 24.3 Å². The van der Waals surface area contributed by atoms with E-state index >= 15 is 0 Å². The largest absolute Gasteiger partial charge is 0.257 e. The van der Waals surface area contributed by atoms with Gasteiger partial charge in [-0.1, -0.05) is 30.3 Å². The number of halogens is 2. The van der Waals surface area contributed by atoms with Crippen molar-refractivity contribution in [3.05, 3.63) is 46.3 Å². The van der Waals surface area contributed by atoms with Crippen LogP contribution < -0.4 is 0 Å². The summed E-state index contributed by atoms with van der Waals surface area (Å²) in [5.41, 5.74) is 0.809. The molecule has 2 nitrogen and oxygen atoms in total. The Kier molecular flexibility index (Phi) is 3.59. The third-order valence-corrected chi connectivity index (χ3v) is 3.40. The maximum Gasteiger partial charge on any atom is 0.257 e. The van der Waals surface area contributed by atoms with Gasteiger partial charge in [0.25, 0.3) is 9.05 Å². The smallest absolute Gasteiger partial charge is 0.207 e. The zero-order chi connectivity index (χ0) is 10.8. The van der Waals surface area contributed by atoms with Crippen molar-refractivity contribution in [2.24, 2.45) is 0 Å². The highest BCUT2D eigenvalue weighted by Gasteiger charge is 2.11. The Morgan fingerprint density at radius 1 is 1.29 bits per heavy atom. The first-order chi connectivity index (χ1) is 6.39. The fourth-order valence-corrected chi connectivity index (χ4v) is 1.54. The van der Waals surface area contributed by atoms with Crippen LogP contribution >= 0.6 is 22.3 Å². The van der Waals surface area contributed by atoms with E-state index in [-0.39, 0.29) is 11.3 Å². The van der Waals surface area contributed by atoms with Crippen molar-refractivity contribution < 1.29 is 8.42 Å². The lowest BCUT2D eigenvalue weighted by molar-refractivity contribution is 0.614. The minimum Gasteiger partial charge on any atom is -0.207 e. The molecule has 0 unspecified atom stereocenters. The fourth-order valence-electron chi connectivity index (χ4n) is 0.916. The third-order valence-electron chi connectivity index (χ3n) is 1.66. The predicted molar refractivity (Wildman–Crippen MR) is 59.1 cm³/mol. The van der Waals surface area contributed by atoms with Gasteiger partial charge in [0, 0.05) is 22.1 Å². The lowest BCUT2D eigenvalue weighted by Gasteiger charge is -2.01. The lowest BCUT2D eigenvalue weighted by Crippen LogP contribution is -1.97. The summed E-state index contributed by atoms with van der Waals surface area (Å²) in [6, 6.07) is 6.83. The summed E-state index contributed by atoms with van der Waals surface area (Å²) in [5, 5.41) is 0.605. The average molecular weight is 251 g/mol. The number of hydrogen-bond acceptors (Lipinski definition) is 2. The van der Waals surface area contributed by atoms with Crippen LogP contribution in [0.25, 0.3) is 0 Å². The van der Waals surface area contributed by atoms with Crippen LogP contribution in [0.1, 0.15) is 5.56 Å². The van der Waals surface area contributed by atoms with Crippen molar-refractivity contribution in [2.75, 3.05) is 0 Å². The molecule has 0 aromatic heterocycles. The summed E-state index contributed by atoms with van der Waals surface area (Å²) in [4.78, 5) is -0.0125. The summed E-state index contributed by atoms with van der Waals surface area (Å²) in [5.74, 6) is 0. The van der Waals surface area contributed by atoms with E-state index in [2.05, 4.69) is 6.58 Å². The van der Waals surface area contributed by atoms with Crippen molar-refractivity contribution >= 4 is 31.3 Å². The molecule has 0 aliphatic heterocycles. The fraction of sp³-hybridized carbons (Fsp3) is 0.111. The van der Waals surface area contributed by atoms with Crippen LogP contribution in [0.2, 0.25) is 5.02 Å². The van der Waals surface area contributed by atoms with Crippen LogP contribution in [0, 0.1) is 0 Å². The molecule has 0 fully saturated rings. The quantitative estimate of drug-likeness (QED) is 0.774. The van der Waals surface area contributed by atoms with Crippen LogP contribution in [-0.4, -0.2) is 8.42 Å². The first kappa shape index (κ1) is 11.6. The van der Waals surface area contributed by atoms with Crippen molar-refractivity contribution in [1.29, 1.82) is 0 Å². The first-order valence-corrected chi connectivity index (χ1v) is 6.45. The molecular weight excluding hydrogens is 243 g/mol. The second kappa shape index (κ2) is 4.34. The van der Waals surface area contributed by atoms with E-state index in [0.29, 0.717) is 5.02 Å². The SMILES string of the molecule is C=C(Cc1ccc(Cl)cc1)S(=O)(=O)Cl. The second-order valence-electron chi connectivity index (χ2n) is 2.78. The molecular formula is C9H8Cl2O2S. The zero-order valence-electron chi connectivity index (χ0n) is 7.20. The van der Waals surface area contributed by atoms with Gasteiger partial charge in [-0.3, -0.25) is 0 Å². The van der Waals surface area contributed by atoms with Crippen LogP contribution in [0.3, 0.4) is 0 Å². The van der Waals surface area contributed by atoms with Crippen molar-refractivity contribution in [3.63, 3.8) is 0 Å². The van der Waals surface area contributed by atoms with Crippen molar-refractivity contribution in [1.82, 2.24) is 0 Å². The van der Waals surface area contributed by atoms with E-state index in [0.717, 1.165) is 5.56 Å². The zero-order valence-corrected chi connectivity index (χ0v) is 9.53. The molecule has 14 heavy (non-hydrogen) atoms. The van der Waals surface area contributed by atoms with Gasteiger partial charge in [0.2, 0.25) is 0 Å². The standard InChI is InChI=1S/C9H8Cl2O2S/c1-7(14(11,12)13)6-8-2-4-9(10)5-3-8/h2-5H,1,6H2. The molecule has 0 amide bonds. The van der Waals surface area contributed by atoms with Crippen LogP contribution in [0.15, 0.2) is 35.7 Å². The summed E-state index contributed by atoms with van der Waals surface area (Å²) in [6.45, 7) is 3.39. The molecule has 0 N–H and O–H groups in total. The Hall–Kier alpha value is -0.510. The van der Waals surface area contributed by atoms with Gasteiger partial charge < -0.3 is 0 Å². The number of benzene rings is 1. The van der Waals surface area contributed by atoms with E-state index < -0.39 is 9.05 Å². The van der Waals surface area contributed by atoms with Gasteiger partial charge in [-0.25, -0.2) is 8.42 Å². The molecule has 1 rings (SSSR count). The number of hydrogen-bond donors (Lipinski definition) is 0. The van der Waals surface area contributed by atoms with Gasteiger partial charge in [-0.05, 0) is 17.7 Å². The van der Waals surface area contributed by atoms with Gasteiger partial charge in [0.15, 0.2) is 0 Å². The normalized spacial score (nSPS) is 11.3. The van der Waals surface area contributed by atoms with Crippen LogP contribution in [0.5, 0.6) is 0 Å². The van der Waals surface area contributed by atoms with Gasteiger partial charge in [-0.15, -0.1) is 0 Å². The second-order valence-corrected chi connectivity index (χ2v) is 5.89. The Morgan fingerprint density at radius 3 is 2.21 bits per heavy atom. The summed E-state index contributed by atoms with van der Waals surface area (Å²) < 4.78 is 21.7. The van der Waals surface area contributed by atoms with Crippen molar-refractivity contribution in [3.8, 4) is 0 Å². The van der Waals surface area contributed by atoms with Gasteiger partial charge in [0.05, 0.1) is 4.91 Å². The molecule has 5 heteroatoms. The molecule has 0 bridgehead atoms. The van der Waals surface area contributed by atoms with E-state index in [9.17, 15) is 8.42 Å². The van der Waals surface area contributed by atoms with E-state index in [4.69, 9.17) is 22.3 Å². The van der Waals surface area contributed by atoms with Crippen LogP contribution in [0.4, 0.5) is 0 Å². The Morgan fingerprint density at radius 2 is 1.79 bits per heavy atom. The van der Waals surface area contributed by atoms with Gasteiger partial charge >= 0.3 is 0 Å². The Bertz CT molecular complexity index is 434. The topological polar surface area (TPSA) is 34.1 Å². The van der Waals surface area contributed by atoms with E-state index in [1.165, 1.54) is 0 Å². The molecule has 0 atom stereocenters. The first-order valence-electron chi connectivity index (χ1n) is 3.76. The molecule has 0 aliphatic rings. The molecule has 1 aromatic carbocycles. The molecule has 0 heterocycles. The molecule has 0 spiro atoms. The number of allylic oxidation sites excluding steroid dienone is 1. The minimum atomic E-state index is -3.67. The highest BCUT2D eigenvalue weighted by Crippen LogP contribution is 2.17. The lowest BCUT2D eigenvalue weighted by atomic mass is 10.1. The predicted octanol–water partition coefficient (Wildman–Crippen LogP) is 2.96. The highest BCUT2D eigenvalue weighted by molar-refractivity contribution is 8.16. The third kappa shape index (κ3) is 3.33. The highest BCUT2D eigenvalue weighted by atomic mass is 35.7. The molecule has 0 aliphatic carbocycles. The van der Waals surface area contributed by atoms with Gasteiger partial charge in [0.1, 0.15) is 0 Å². The minimum absolute atomic E-state index is 0.0125. The molecule has 0 saturated heterocycles. The molecule has 0 radical (unpaired) electrons. The monoisotopic (exact) mass is 250 g/mol. The molecule has 1 aromatic rings. The molecule has 0 saturated carbocycles.